The number of hydrogen-bond donors (Lipinski definition) is 1. The summed E-state index contributed by atoms with van der Waals surface area (Å²) in [6.07, 6.45) is 7.86. The normalized spacial score (nSPS) is 19.7. The molecular weight excluding hydrogens is 282 g/mol. The molecule has 0 aliphatic heterocycles. The van der Waals surface area contributed by atoms with Crippen LogP contribution in [0.15, 0.2) is 8.68 Å². The molecule has 6 heteroatoms. The first-order valence-electron chi connectivity index (χ1n) is 6.60. The lowest BCUT2D eigenvalue weighted by Gasteiger charge is -2.16. The zero-order chi connectivity index (χ0) is 12.4. The van der Waals surface area contributed by atoms with Crippen LogP contribution in [0.3, 0.4) is 0 Å². The van der Waals surface area contributed by atoms with E-state index in [1.165, 1.54) is 25.7 Å². The molecule has 1 aromatic heterocycles. The summed E-state index contributed by atoms with van der Waals surface area (Å²) in [6.45, 7) is 1.11. The quantitative estimate of drug-likeness (QED) is 0.590. The first-order chi connectivity index (χ1) is 8.86. The zero-order valence-electron chi connectivity index (χ0n) is 10.6. The summed E-state index contributed by atoms with van der Waals surface area (Å²) in [5.41, 5.74) is 0. The standard InChI is InChI=1S/C12H19N3S3/c1-16-11-14-15-12(18-11)17-7-6-13-10(8-2-3-8)9-4-5-9/h8-10,13H,2-7H2,1H3. The summed E-state index contributed by atoms with van der Waals surface area (Å²) in [4.78, 5) is 0. The lowest BCUT2D eigenvalue weighted by atomic mass is 10.1. The maximum Gasteiger partial charge on any atom is 0.175 e. The zero-order valence-corrected chi connectivity index (χ0v) is 13.0. The first-order valence-corrected chi connectivity index (χ1v) is 9.63. The Hall–Kier alpha value is 0.220. The average molecular weight is 302 g/mol. The van der Waals surface area contributed by atoms with Gasteiger partial charge in [0.05, 0.1) is 0 Å². The molecule has 0 atom stereocenters. The van der Waals surface area contributed by atoms with Crippen LogP contribution < -0.4 is 5.32 Å². The van der Waals surface area contributed by atoms with Gasteiger partial charge >= 0.3 is 0 Å². The molecule has 2 aliphatic rings. The largest absolute Gasteiger partial charge is 0.313 e. The molecule has 0 unspecified atom stereocenters. The van der Waals surface area contributed by atoms with Crippen molar-refractivity contribution in [1.29, 1.82) is 0 Å². The topological polar surface area (TPSA) is 37.8 Å². The predicted octanol–water partition coefficient (Wildman–Crippen LogP) is 3.13. The summed E-state index contributed by atoms with van der Waals surface area (Å²) < 4.78 is 2.18. The van der Waals surface area contributed by atoms with Gasteiger partial charge in [0.1, 0.15) is 0 Å². The average Bonchev–Trinajstić information content (AvgIpc) is 3.29. The third kappa shape index (κ3) is 3.62. The van der Waals surface area contributed by atoms with Gasteiger partial charge in [-0.05, 0) is 43.8 Å². The van der Waals surface area contributed by atoms with E-state index in [-0.39, 0.29) is 0 Å². The van der Waals surface area contributed by atoms with Crippen molar-refractivity contribution in [2.45, 2.75) is 40.4 Å². The van der Waals surface area contributed by atoms with E-state index in [1.807, 2.05) is 18.0 Å². The second kappa shape index (κ2) is 6.11. The predicted molar refractivity (Wildman–Crippen MR) is 79.7 cm³/mol. The van der Waals surface area contributed by atoms with E-state index in [9.17, 15) is 0 Å². The number of nitrogens with zero attached hydrogens (tertiary/aromatic N) is 2. The summed E-state index contributed by atoms with van der Waals surface area (Å²) in [6, 6.07) is 0.821. The van der Waals surface area contributed by atoms with E-state index in [4.69, 9.17) is 0 Å². The molecule has 0 saturated heterocycles. The van der Waals surface area contributed by atoms with Crippen molar-refractivity contribution in [3.05, 3.63) is 0 Å². The number of nitrogens with one attached hydrogen (secondary N) is 1. The molecule has 100 valence electrons. The van der Waals surface area contributed by atoms with Crippen LogP contribution in [-0.4, -0.2) is 34.8 Å². The number of rotatable bonds is 8. The van der Waals surface area contributed by atoms with Crippen LogP contribution in [0.4, 0.5) is 0 Å². The Morgan fingerprint density at radius 2 is 1.89 bits per heavy atom. The highest BCUT2D eigenvalue weighted by Crippen LogP contribution is 2.44. The second-order valence-electron chi connectivity index (χ2n) is 5.04. The molecule has 0 spiro atoms. The van der Waals surface area contributed by atoms with Gasteiger partial charge in [0.2, 0.25) is 0 Å². The Morgan fingerprint density at radius 3 is 2.44 bits per heavy atom. The van der Waals surface area contributed by atoms with Gasteiger partial charge in [-0.1, -0.05) is 34.9 Å². The van der Waals surface area contributed by atoms with E-state index >= 15 is 0 Å². The fraction of sp³-hybridized carbons (Fsp3) is 0.833. The third-order valence-electron chi connectivity index (χ3n) is 3.53. The molecule has 0 amide bonds. The molecular formula is C12H19N3S3. The van der Waals surface area contributed by atoms with Gasteiger partial charge in [-0.3, -0.25) is 0 Å². The smallest absolute Gasteiger partial charge is 0.175 e. The monoisotopic (exact) mass is 301 g/mol. The molecule has 0 bridgehead atoms. The van der Waals surface area contributed by atoms with Gasteiger partial charge in [0.25, 0.3) is 0 Å². The van der Waals surface area contributed by atoms with Crippen molar-refractivity contribution in [3.8, 4) is 0 Å². The van der Waals surface area contributed by atoms with Crippen LogP contribution in [0, 0.1) is 11.8 Å². The number of hydrogen-bond acceptors (Lipinski definition) is 6. The molecule has 0 radical (unpaired) electrons. The molecule has 1 heterocycles. The van der Waals surface area contributed by atoms with Gasteiger partial charge in [0.15, 0.2) is 8.68 Å². The SMILES string of the molecule is CSc1nnc(SCCNC(C2CC2)C2CC2)s1. The summed E-state index contributed by atoms with van der Waals surface area (Å²) in [5.74, 6) is 3.10. The molecule has 18 heavy (non-hydrogen) atoms. The Bertz CT molecular complexity index is 376. The van der Waals surface area contributed by atoms with Crippen molar-refractivity contribution in [3.63, 3.8) is 0 Å². The molecule has 3 nitrogen and oxygen atoms in total. The molecule has 0 aromatic carbocycles. The molecule has 2 saturated carbocycles. The van der Waals surface area contributed by atoms with Gasteiger partial charge in [-0.15, -0.1) is 10.2 Å². The minimum absolute atomic E-state index is 0.821. The Labute approximate surface area is 121 Å². The fourth-order valence-electron chi connectivity index (χ4n) is 2.33. The van der Waals surface area contributed by atoms with E-state index in [2.05, 4.69) is 15.5 Å². The van der Waals surface area contributed by atoms with Crippen LogP contribution in [0.1, 0.15) is 25.7 Å². The third-order valence-corrected chi connectivity index (χ3v) is 6.56. The molecule has 1 aromatic rings. The minimum atomic E-state index is 0.821. The van der Waals surface area contributed by atoms with Crippen molar-refractivity contribution in [1.82, 2.24) is 15.5 Å². The molecule has 2 aliphatic carbocycles. The van der Waals surface area contributed by atoms with E-state index in [0.717, 1.165) is 38.9 Å². The second-order valence-corrected chi connectivity index (χ2v) is 8.41. The minimum Gasteiger partial charge on any atom is -0.313 e. The highest BCUT2D eigenvalue weighted by atomic mass is 32.2. The summed E-state index contributed by atoms with van der Waals surface area (Å²) >= 11 is 5.21. The van der Waals surface area contributed by atoms with Crippen LogP contribution in [0.2, 0.25) is 0 Å². The highest BCUT2D eigenvalue weighted by Gasteiger charge is 2.40. The van der Waals surface area contributed by atoms with E-state index in [1.54, 1.807) is 23.1 Å². The maximum absolute atomic E-state index is 4.18. The van der Waals surface area contributed by atoms with Crippen molar-refractivity contribution >= 4 is 34.9 Å². The van der Waals surface area contributed by atoms with Crippen LogP contribution in [-0.2, 0) is 0 Å². The highest BCUT2D eigenvalue weighted by molar-refractivity contribution is 8.02. The first kappa shape index (κ1) is 13.2. The van der Waals surface area contributed by atoms with E-state index < -0.39 is 0 Å². The lowest BCUT2D eigenvalue weighted by molar-refractivity contribution is 0.429. The van der Waals surface area contributed by atoms with Crippen LogP contribution in [0.25, 0.3) is 0 Å². The summed E-state index contributed by atoms with van der Waals surface area (Å²) in [7, 11) is 0. The van der Waals surface area contributed by atoms with Crippen molar-refractivity contribution in [2.24, 2.45) is 11.8 Å². The summed E-state index contributed by atoms with van der Waals surface area (Å²) in [5, 5.41) is 12.1. The molecule has 2 fully saturated rings. The Kier molecular flexibility index (Phi) is 4.49. The lowest BCUT2D eigenvalue weighted by Crippen LogP contribution is -2.34. The van der Waals surface area contributed by atoms with Gasteiger partial charge in [-0.25, -0.2) is 0 Å². The van der Waals surface area contributed by atoms with Crippen LogP contribution in [0.5, 0.6) is 0 Å². The van der Waals surface area contributed by atoms with Crippen LogP contribution >= 0.6 is 34.9 Å². The van der Waals surface area contributed by atoms with E-state index in [0.29, 0.717) is 0 Å². The number of aromatic nitrogens is 2. The van der Waals surface area contributed by atoms with Gasteiger partial charge < -0.3 is 5.32 Å². The Balaban J connectivity index is 1.36. The number of thioether (sulfide) groups is 2. The van der Waals surface area contributed by atoms with Gasteiger partial charge in [-0.2, -0.15) is 0 Å². The molecule has 1 N–H and O–H groups in total. The Morgan fingerprint density at radius 1 is 1.22 bits per heavy atom. The van der Waals surface area contributed by atoms with Crippen molar-refractivity contribution in [2.75, 3.05) is 18.6 Å². The maximum atomic E-state index is 4.18. The fourth-order valence-corrected chi connectivity index (χ4v) is 4.71. The van der Waals surface area contributed by atoms with Crippen molar-refractivity contribution < 1.29 is 0 Å². The van der Waals surface area contributed by atoms with Gasteiger partial charge in [0, 0.05) is 18.3 Å². The molecule has 3 rings (SSSR count).